The van der Waals surface area contributed by atoms with Crippen molar-refractivity contribution in [3.63, 3.8) is 0 Å². The second-order valence-corrected chi connectivity index (χ2v) is 5.48. The van der Waals surface area contributed by atoms with Crippen molar-refractivity contribution < 1.29 is 4.79 Å². The Balaban J connectivity index is 1.56. The van der Waals surface area contributed by atoms with E-state index < -0.39 is 0 Å². The van der Waals surface area contributed by atoms with Crippen LogP contribution in [-0.2, 0) is 11.3 Å². The van der Waals surface area contributed by atoms with E-state index in [0.29, 0.717) is 12.5 Å². The van der Waals surface area contributed by atoms with Gasteiger partial charge in [-0.05, 0) is 23.1 Å². The maximum Gasteiger partial charge on any atom is 0.220 e. The Morgan fingerprint density at radius 1 is 1.00 bits per heavy atom. The average molecular weight is 280 g/mol. The summed E-state index contributed by atoms with van der Waals surface area (Å²) in [5.74, 6) is 0.167. The molecule has 2 aromatic carbocycles. The standard InChI is InChI=1S/C18H20N2O/c21-18-11-10-17(13-20-18)19-12-14-6-8-16(9-7-14)15-4-2-1-3-5-15/h1-9,17,19H,10-13H2,(H,20,21). The van der Waals surface area contributed by atoms with Crippen LogP contribution in [-0.4, -0.2) is 18.5 Å². The van der Waals surface area contributed by atoms with Gasteiger partial charge in [0.05, 0.1) is 0 Å². The van der Waals surface area contributed by atoms with E-state index in [-0.39, 0.29) is 5.91 Å². The van der Waals surface area contributed by atoms with Crippen molar-refractivity contribution in [1.29, 1.82) is 0 Å². The summed E-state index contributed by atoms with van der Waals surface area (Å²) in [7, 11) is 0. The first kappa shape index (κ1) is 13.8. The fourth-order valence-electron chi connectivity index (χ4n) is 2.61. The van der Waals surface area contributed by atoms with E-state index >= 15 is 0 Å². The van der Waals surface area contributed by atoms with Crippen LogP contribution in [0.3, 0.4) is 0 Å². The molecule has 3 heteroatoms. The minimum Gasteiger partial charge on any atom is -0.355 e. The van der Waals surface area contributed by atoms with Crippen molar-refractivity contribution in [3.8, 4) is 11.1 Å². The van der Waals surface area contributed by atoms with Crippen molar-refractivity contribution in [2.45, 2.75) is 25.4 Å². The Hall–Kier alpha value is -2.13. The number of hydrogen-bond donors (Lipinski definition) is 2. The number of carbonyl (C=O) groups excluding carboxylic acids is 1. The summed E-state index contributed by atoms with van der Waals surface area (Å²) in [6.45, 7) is 1.58. The SMILES string of the molecule is O=C1CCC(NCc2ccc(-c3ccccc3)cc2)CN1. The fourth-order valence-corrected chi connectivity index (χ4v) is 2.61. The highest BCUT2D eigenvalue weighted by atomic mass is 16.1. The zero-order valence-electron chi connectivity index (χ0n) is 12.0. The lowest BCUT2D eigenvalue weighted by molar-refractivity contribution is -0.122. The van der Waals surface area contributed by atoms with Crippen LogP contribution in [0.25, 0.3) is 11.1 Å². The first-order valence-electron chi connectivity index (χ1n) is 7.46. The molecule has 1 aliphatic rings. The summed E-state index contributed by atoms with van der Waals surface area (Å²) in [6, 6.07) is 19.4. The maximum absolute atomic E-state index is 11.1. The van der Waals surface area contributed by atoms with E-state index in [1.165, 1.54) is 16.7 Å². The van der Waals surface area contributed by atoms with E-state index in [2.05, 4.69) is 59.2 Å². The summed E-state index contributed by atoms with van der Waals surface area (Å²) >= 11 is 0. The van der Waals surface area contributed by atoms with Gasteiger partial charge in [0, 0.05) is 25.6 Å². The van der Waals surface area contributed by atoms with Crippen molar-refractivity contribution >= 4 is 5.91 Å². The van der Waals surface area contributed by atoms with Crippen molar-refractivity contribution in [3.05, 3.63) is 60.2 Å². The van der Waals surface area contributed by atoms with Gasteiger partial charge in [-0.15, -0.1) is 0 Å². The molecule has 0 spiro atoms. The number of benzene rings is 2. The Kier molecular flexibility index (Phi) is 4.31. The average Bonchev–Trinajstić information content (AvgIpc) is 2.56. The molecule has 21 heavy (non-hydrogen) atoms. The molecule has 0 aliphatic carbocycles. The van der Waals surface area contributed by atoms with Crippen LogP contribution in [0.2, 0.25) is 0 Å². The molecular weight excluding hydrogens is 260 g/mol. The lowest BCUT2D eigenvalue weighted by Crippen LogP contribution is -2.45. The maximum atomic E-state index is 11.1. The number of carbonyl (C=O) groups is 1. The van der Waals surface area contributed by atoms with Gasteiger partial charge in [0.2, 0.25) is 5.91 Å². The van der Waals surface area contributed by atoms with Crippen LogP contribution in [0.4, 0.5) is 0 Å². The molecule has 0 bridgehead atoms. The summed E-state index contributed by atoms with van der Waals surface area (Å²) in [5, 5.41) is 6.40. The molecule has 1 amide bonds. The number of nitrogens with one attached hydrogen (secondary N) is 2. The van der Waals surface area contributed by atoms with Gasteiger partial charge in [0.15, 0.2) is 0 Å². The number of rotatable bonds is 4. The third kappa shape index (κ3) is 3.70. The van der Waals surface area contributed by atoms with Crippen molar-refractivity contribution in [1.82, 2.24) is 10.6 Å². The molecule has 3 rings (SSSR count). The van der Waals surface area contributed by atoms with Crippen LogP contribution < -0.4 is 10.6 Å². The highest BCUT2D eigenvalue weighted by molar-refractivity contribution is 5.76. The van der Waals surface area contributed by atoms with Gasteiger partial charge < -0.3 is 10.6 Å². The first-order valence-corrected chi connectivity index (χ1v) is 7.46. The van der Waals surface area contributed by atoms with E-state index in [0.717, 1.165) is 19.5 Å². The van der Waals surface area contributed by atoms with Crippen LogP contribution in [0, 0.1) is 0 Å². The second-order valence-electron chi connectivity index (χ2n) is 5.48. The third-order valence-electron chi connectivity index (χ3n) is 3.92. The number of amides is 1. The largest absolute Gasteiger partial charge is 0.355 e. The zero-order chi connectivity index (χ0) is 14.5. The molecule has 3 nitrogen and oxygen atoms in total. The Morgan fingerprint density at radius 2 is 1.71 bits per heavy atom. The van der Waals surface area contributed by atoms with Gasteiger partial charge in [0.1, 0.15) is 0 Å². The van der Waals surface area contributed by atoms with E-state index in [1.54, 1.807) is 0 Å². The van der Waals surface area contributed by atoms with Gasteiger partial charge in [-0.2, -0.15) is 0 Å². The Bertz CT molecular complexity index is 582. The molecule has 1 fully saturated rings. The van der Waals surface area contributed by atoms with Gasteiger partial charge in [0.25, 0.3) is 0 Å². The van der Waals surface area contributed by atoms with Gasteiger partial charge in [-0.3, -0.25) is 4.79 Å². The molecule has 2 aromatic rings. The van der Waals surface area contributed by atoms with Crippen LogP contribution in [0.5, 0.6) is 0 Å². The number of hydrogen-bond acceptors (Lipinski definition) is 2. The zero-order valence-corrected chi connectivity index (χ0v) is 12.0. The minimum absolute atomic E-state index is 0.167. The van der Waals surface area contributed by atoms with Gasteiger partial charge in [-0.25, -0.2) is 0 Å². The van der Waals surface area contributed by atoms with E-state index in [1.807, 2.05) is 6.07 Å². The van der Waals surface area contributed by atoms with E-state index in [9.17, 15) is 4.79 Å². The van der Waals surface area contributed by atoms with Crippen LogP contribution in [0.15, 0.2) is 54.6 Å². The molecule has 1 saturated heterocycles. The lowest BCUT2D eigenvalue weighted by Gasteiger charge is -2.23. The molecule has 0 saturated carbocycles. The fraction of sp³-hybridized carbons (Fsp3) is 0.278. The van der Waals surface area contributed by atoms with Crippen LogP contribution in [0.1, 0.15) is 18.4 Å². The normalized spacial score (nSPS) is 18.3. The minimum atomic E-state index is 0.167. The van der Waals surface area contributed by atoms with Gasteiger partial charge >= 0.3 is 0 Å². The molecule has 1 aliphatic heterocycles. The highest BCUT2D eigenvalue weighted by Crippen LogP contribution is 2.19. The summed E-state index contributed by atoms with van der Waals surface area (Å²) in [5.41, 5.74) is 3.75. The first-order chi connectivity index (χ1) is 10.3. The Labute approximate surface area is 125 Å². The molecule has 1 heterocycles. The highest BCUT2D eigenvalue weighted by Gasteiger charge is 2.16. The molecule has 1 atom stereocenters. The number of piperidine rings is 1. The van der Waals surface area contributed by atoms with E-state index in [4.69, 9.17) is 0 Å². The smallest absolute Gasteiger partial charge is 0.220 e. The predicted octanol–water partition coefficient (Wildman–Crippen LogP) is 2.72. The molecular formula is C18H20N2O. The topological polar surface area (TPSA) is 41.1 Å². The monoisotopic (exact) mass is 280 g/mol. The molecule has 0 aromatic heterocycles. The predicted molar refractivity (Wildman–Crippen MR) is 84.7 cm³/mol. The summed E-state index contributed by atoms with van der Waals surface area (Å²) in [6.07, 6.45) is 1.55. The lowest BCUT2D eigenvalue weighted by atomic mass is 10.0. The van der Waals surface area contributed by atoms with Gasteiger partial charge in [-0.1, -0.05) is 54.6 Å². The molecule has 0 radical (unpaired) electrons. The molecule has 1 unspecified atom stereocenters. The molecule has 108 valence electrons. The van der Waals surface area contributed by atoms with Crippen LogP contribution >= 0.6 is 0 Å². The third-order valence-corrected chi connectivity index (χ3v) is 3.92. The summed E-state index contributed by atoms with van der Waals surface area (Å²) in [4.78, 5) is 11.1. The Morgan fingerprint density at radius 3 is 2.38 bits per heavy atom. The quantitative estimate of drug-likeness (QED) is 0.904. The van der Waals surface area contributed by atoms with Crippen molar-refractivity contribution in [2.75, 3.05) is 6.54 Å². The van der Waals surface area contributed by atoms with Crippen molar-refractivity contribution in [2.24, 2.45) is 0 Å². The molecule has 2 N–H and O–H groups in total. The second kappa shape index (κ2) is 6.55. The summed E-state index contributed by atoms with van der Waals surface area (Å²) < 4.78 is 0.